The first-order valence-corrected chi connectivity index (χ1v) is 12.4. The number of hydrogen-bond donors (Lipinski definition) is 1. The first-order valence-electron chi connectivity index (χ1n) is 11.0. The molecule has 11 heteroatoms. The maximum absolute atomic E-state index is 13.2. The summed E-state index contributed by atoms with van der Waals surface area (Å²) in [6, 6.07) is 14.0. The van der Waals surface area contributed by atoms with E-state index in [1.165, 1.54) is 35.7 Å². The van der Waals surface area contributed by atoms with E-state index in [2.05, 4.69) is 10.5 Å². The Balaban J connectivity index is 1.63. The van der Waals surface area contributed by atoms with Crippen LogP contribution >= 0.6 is 0 Å². The van der Waals surface area contributed by atoms with Crippen LogP contribution in [-0.4, -0.2) is 50.0 Å². The largest absolute Gasteiger partial charge is 0.495 e. The Bertz CT molecular complexity index is 1320. The van der Waals surface area contributed by atoms with Crippen LogP contribution in [0.2, 0.25) is 0 Å². The van der Waals surface area contributed by atoms with Crippen molar-refractivity contribution in [2.75, 3.05) is 25.5 Å². The van der Waals surface area contributed by atoms with Gasteiger partial charge in [0, 0.05) is 24.7 Å². The molecule has 0 unspecified atom stereocenters. The van der Waals surface area contributed by atoms with Crippen LogP contribution in [0.15, 0.2) is 64.0 Å². The molecular weight excluding hydrogens is 474 g/mol. The van der Waals surface area contributed by atoms with Gasteiger partial charge in [-0.25, -0.2) is 13.2 Å². The van der Waals surface area contributed by atoms with Crippen molar-refractivity contribution in [2.24, 2.45) is 0 Å². The lowest BCUT2D eigenvalue weighted by Crippen LogP contribution is -2.29. The van der Waals surface area contributed by atoms with Crippen molar-refractivity contribution in [1.29, 1.82) is 0 Å². The van der Waals surface area contributed by atoms with E-state index < -0.39 is 28.0 Å². The maximum atomic E-state index is 13.2. The SMILES string of the molecule is COc1ccc(C(=O)O[C@@H](C(=O)Nc2cc(C)on2)c2ccccc2)cc1S(=O)(=O)N1CCCC1. The van der Waals surface area contributed by atoms with Crippen LogP contribution in [0.1, 0.15) is 40.6 Å². The first kappa shape index (κ1) is 24.4. The molecule has 1 aliphatic heterocycles. The zero-order chi connectivity index (χ0) is 25.0. The molecule has 184 valence electrons. The Morgan fingerprint density at radius 3 is 2.43 bits per heavy atom. The Hall–Kier alpha value is -3.70. The summed E-state index contributed by atoms with van der Waals surface area (Å²) in [6.07, 6.45) is 0.214. The predicted molar refractivity (Wildman–Crippen MR) is 125 cm³/mol. The van der Waals surface area contributed by atoms with Crippen LogP contribution in [0, 0.1) is 6.92 Å². The van der Waals surface area contributed by atoms with E-state index >= 15 is 0 Å². The zero-order valence-electron chi connectivity index (χ0n) is 19.3. The molecule has 2 aromatic carbocycles. The van der Waals surface area contributed by atoms with Gasteiger partial charge in [0.15, 0.2) is 5.82 Å². The van der Waals surface area contributed by atoms with E-state index in [9.17, 15) is 18.0 Å². The molecule has 1 fully saturated rings. The smallest absolute Gasteiger partial charge is 0.339 e. The van der Waals surface area contributed by atoms with Crippen LogP contribution < -0.4 is 10.1 Å². The molecule has 1 aromatic heterocycles. The minimum absolute atomic E-state index is 0.0328. The molecule has 1 atom stereocenters. The first-order chi connectivity index (χ1) is 16.8. The van der Waals surface area contributed by atoms with Crippen LogP contribution in [0.25, 0.3) is 0 Å². The minimum atomic E-state index is -3.87. The van der Waals surface area contributed by atoms with Gasteiger partial charge in [0.25, 0.3) is 5.91 Å². The van der Waals surface area contributed by atoms with Crippen molar-refractivity contribution in [2.45, 2.75) is 30.8 Å². The van der Waals surface area contributed by atoms with Gasteiger partial charge in [0.1, 0.15) is 16.4 Å². The van der Waals surface area contributed by atoms with Crippen LogP contribution in [0.4, 0.5) is 5.82 Å². The van der Waals surface area contributed by atoms with Crippen molar-refractivity contribution in [1.82, 2.24) is 9.46 Å². The van der Waals surface area contributed by atoms with Crippen molar-refractivity contribution < 1.29 is 32.0 Å². The highest BCUT2D eigenvalue weighted by Crippen LogP contribution is 2.31. The number of benzene rings is 2. The maximum Gasteiger partial charge on any atom is 0.339 e. The fourth-order valence-corrected chi connectivity index (χ4v) is 5.46. The van der Waals surface area contributed by atoms with Gasteiger partial charge in [0.05, 0.1) is 12.7 Å². The summed E-state index contributed by atoms with van der Waals surface area (Å²) >= 11 is 0. The monoisotopic (exact) mass is 499 g/mol. The number of anilines is 1. The number of rotatable bonds is 8. The van der Waals surface area contributed by atoms with Gasteiger partial charge in [-0.05, 0) is 38.0 Å². The summed E-state index contributed by atoms with van der Waals surface area (Å²) in [5, 5.41) is 6.30. The molecule has 0 saturated carbocycles. The average Bonchev–Trinajstić information content (AvgIpc) is 3.55. The lowest BCUT2D eigenvalue weighted by molar-refractivity contribution is -0.125. The van der Waals surface area contributed by atoms with Gasteiger partial charge in [-0.3, -0.25) is 4.79 Å². The molecule has 1 N–H and O–H groups in total. The van der Waals surface area contributed by atoms with Crippen LogP contribution in [0.3, 0.4) is 0 Å². The van der Waals surface area contributed by atoms with Gasteiger partial charge in [-0.2, -0.15) is 4.31 Å². The molecule has 10 nitrogen and oxygen atoms in total. The number of aryl methyl sites for hydroxylation is 1. The van der Waals surface area contributed by atoms with Crippen molar-refractivity contribution in [3.63, 3.8) is 0 Å². The van der Waals surface area contributed by atoms with Crippen molar-refractivity contribution in [3.05, 3.63) is 71.5 Å². The number of carbonyl (C=O) groups is 2. The molecule has 0 aliphatic carbocycles. The third-order valence-electron chi connectivity index (χ3n) is 5.53. The topological polar surface area (TPSA) is 128 Å². The van der Waals surface area contributed by atoms with Gasteiger partial charge >= 0.3 is 5.97 Å². The molecule has 35 heavy (non-hydrogen) atoms. The van der Waals surface area contributed by atoms with E-state index in [1.807, 2.05) is 0 Å². The third kappa shape index (κ3) is 5.36. The summed E-state index contributed by atoms with van der Waals surface area (Å²) in [5.41, 5.74) is 0.395. The summed E-state index contributed by atoms with van der Waals surface area (Å²) in [6.45, 7) is 2.48. The summed E-state index contributed by atoms with van der Waals surface area (Å²) in [7, 11) is -2.51. The number of carbonyl (C=O) groups excluding carboxylic acids is 2. The molecule has 0 spiro atoms. The summed E-state index contributed by atoms with van der Waals surface area (Å²) < 4.78 is 43.5. The highest BCUT2D eigenvalue weighted by Gasteiger charge is 2.32. The number of sulfonamides is 1. The molecule has 1 saturated heterocycles. The van der Waals surface area contributed by atoms with E-state index in [0.29, 0.717) is 24.4 Å². The number of ether oxygens (including phenoxy) is 2. The number of nitrogens with zero attached hydrogens (tertiary/aromatic N) is 2. The molecular formula is C24H25N3O7S. The number of methoxy groups -OCH3 is 1. The van der Waals surface area contributed by atoms with E-state index in [0.717, 1.165) is 12.8 Å². The van der Waals surface area contributed by atoms with Gasteiger partial charge in [0.2, 0.25) is 16.1 Å². The van der Waals surface area contributed by atoms with Crippen LogP contribution in [0.5, 0.6) is 5.75 Å². The number of aromatic nitrogens is 1. The summed E-state index contributed by atoms with van der Waals surface area (Å²) in [4.78, 5) is 26.0. The molecule has 2 heterocycles. The number of nitrogens with one attached hydrogen (secondary N) is 1. The van der Waals surface area contributed by atoms with E-state index in [4.69, 9.17) is 14.0 Å². The summed E-state index contributed by atoms with van der Waals surface area (Å²) in [5.74, 6) is -0.721. The van der Waals surface area contributed by atoms with Gasteiger partial charge < -0.3 is 19.3 Å². The Morgan fingerprint density at radius 1 is 1.09 bits per heavy atom. The fraction of sp³-hybridized carbons (Fsp3) is 0.292. The molecule has 3 aromatic rings. The second-order valence-corrected chi connectivity index (χ2v) is 9.89. The standard InChI is InChI=1S/C24H25N3O7S/c1-16-14-21(26-34-16)25-23(28)22(17-8-4-3-5-9-17)33-24(29)18-10-11-19(32-2)20(15-18)35(30,31)27-12-6-7-13-27/h3-5,8-11,14-15,22H,6-7,12-13H2,1-2H3,(H,25,26,28)/t22-/m1/s1. The van der Waals surface area contributed by atoms with E-state index in [1.54, 1.807) is 37.3 Å². The fourth-order valence-electron chi connectivity index (χ4n) is 3.77. The number of esters is 1. The third-order valence-corrected chi connectivity index (χ3v) is 7.45. The van der Waals surface area contributed by atoms with Gasteiger partial charge in [-0.1, -0.05) is 35.5 Å². The van der Waals surface area contributed by atoms with E-state index in [-0.39, 0.29) is 22.0 Å². The molecule has 0 radical (unpaired) electrons. The number of amides is 1. The van der Waals surface area contributed by atoms with Crippen molar-refractivity contribution >= 4 is 27.7 Å². The molecule has 4 rings (SSSR count). The highest BCUT2D eigenvalue weighted by molar-refractivity contribution is 7.89. The molecule has 0 bridgehead atoms. The Labute approximate surface area is 202 Å². The second kappa shape index (κ2) is 10.3. The second-order valence-electron chi connectivity index (χ2n) is 7.98. The predicted octanol–water partition coefficient (Wildman–Crippen LogP) is 3.31. The minimum Gasteiger partial charge on any atom is -0.495 e. The Morgan fingerprint density at radius 2 is 1.80 bits per heavy atom. The van der Waals surface area contributed by atoms with Crippen LogP contribution in [-0.2, 0) is 19.6 Å². The zero-order valence-corrected chi connectivity index (χ0v) is 20.1. The Kier molecular flexibility index (Phi) is 7.17. The highest BCUT2D eigenvalue weighted by atomic mass is 32.2. The average molecular weight is 500 g/mol. The lowest BCUT2D eigenvalue weighted by Gasteiger charge is -2.19. The molecule has 1 amide bonds. The number of hydrogen-bond acceptors (Lipinski definition) is 8. The molecule has 1 aliphatic rings. The normalized spacial score (nSPS) is 14.9. The van der Waals surface area contributed by atoms with Crippen molar-refractivity contribution in [3.8, 4) is 5.75 Å². The lowest BCUT2D eigenvalue weighted by atomic mass is 10.1. The van der Waals surface area contributed by atoms with Gasteiger partial charge in [-0.15, -0.1) is 0 Å². The quantitative estimate of drug-likeness (QED) is 0.468.